The minimum absolute atomic E-state index is 0.0265. The molecule has 0 spiro atoms. The van der Waals surface area contributed by atoms with Crippen LogP contribution in [0.2, 0.25) is 0 Å². The molecule has 0 saturated carbocycles. The summed E-state index contributed by atoms with van der Waals surface area (Å²) in [5, 5.41) is 3.01. The molecule has 0 fully saturated rings. The van der Waals surface area contributed by atoms with Crippen LogP contribution in [0.5, 0.6) is 0 Å². The highest BCUT2D eigenvalue weighted by molar-refractivity contribution is 6.17. The monoisotopic (exact) mass is 285 g/mol. The van der Waals surface area contributed by atoms with Crippen molar-refractivity contribution in [3.05, 3.63) is 70.8 Å². The van der Waals surface area contributed by atoms with E-state index in [2.05, 4.69) is 29.6 Å². The van der Waals surface area contributed by atoms with Crippen molar-refractivity contribution in [2.24, 2.45) is 0 Å². The average Bonchev–Trinajstić information content (AvgIpc) is 2.48. The van der Waals surface area contributed by atoms with Crippen LogP contribution in [0.4, 0.5) is 0 Å². The molecule has 2 aromatic rings. The van der Waals surface area contributed by atoms with Gasteiger partial charge in [-0.05, 0) is 35.2 Å². The van der Waals surface area contributed by atoms with Crippen LogP contribution >= 0.6 is 11.6 Å². The van der Waals surface area contributed by atoms with Crippen molar-refractivity contribution in [2.45, 2.75) is 18.2 Å². The van der Waals surface area contributed by atoms with E-state index in [1.54, 1.807) is 0 Å². The number of alkyl halides is 1. The van der Waals surface area contributed by atoms with E-state index in [0.29, 0.717) is 23.9 Å². The molecule has 0 bridgehead atoms. The van der Waals surface area contributed by atoms with Gasteiger partial charge < -0.3 is 5.32 Å². The second kappa shape index (κ2) is 5.68. The van der Waals surface area contributed by atoms with E-state index in [0.717, 1.165) is 12.0 Å². The lowest BCUT2D eigenvalue weighted by atomic mass is 9.77. The summed E-state index contributed by atoms with van der Waals surface area (Å²) in [5.41, 5.74) is 4.40. The molecule has 1 unspecified atom stereocenters. The van der Waals surface area contributed by atoms with Gasteiger partial charge in [0.2, 0.25) is 0 Å². The Kier molecular flexibility index (Phi) is 3.75. The van der Waals surface area contributed by atoms with E-state index in [4.69, 9.17) is 11.6 Å². The van der Waals surface area contributed by atoms with E-state index >= 15 is 0 Å². The Bertz CT molecular complexity index is 638. The zero-order valence-electron chi connectivity index (χ0n) is 11.1. The molecule has 2 nitrogen and oxygen atoms in total. The Labute approximate surface area is 123 Å². The van der Waals surface area contributed by atoms with E-state index in [-0.39, 0.29) is 5.91 Å². The fourth-order valence-corrected chi connectivity index (χ4v) is 2.82. The maximum atomic E-state index is 12.1. The molecule has 20 heavy (non-hydrogen) atoms. The Morgan fingerprint density at radius 1 is 1.20 bits per heavy atom. The lowest BCUT2D eigenvalue weighted by Crippen LogP contribution is -2.33. The van der Waals surface area contributed by atoms with Crippen LogP contribution in [0.3, 0.4) is 0 Å². The van der Waals surface area contributed by atoms with Crippen molar-refractivity contribution in [3.63, 3.8) is 0 Å². The number of nitrogens with one attached hydrogen (secondary N) is 1. The molecule has 102 valence electrons. The summed E-state index contributed by atoms with van der Waals surface area (Å²) in [4.78, 5) is 12.1. The number of fused-ring (bicyclic) bond motifs is 1. The normalized spacial score (nSPS) is 16.1. The molecule has 0 aliphatic heterocycles. The number of carbonyl (C=O) groups is 1. The third-order valence-corrected chi connectivity index (χ3v) is 4.12. The minimum atomic E-state index is -0.0265. The second-order valence-electron chi connectivity index (χ2n) is 5.14. The quantitative estimate of drug-likeness (QED) is 0.856. The standard InChI is InChI=1S/C17H16ClNO/c18-10-12-4-3-6-14(8-12)17(20)19-11-15-9-13-5-1-2-7-16(13)15/h1-8,15H,9-11H2,(H,19,20). The zero-order chi connectivity index (χ0) is 13.9. The molecule has 1 aliphatic carbocycles. The molecule has 0 saturated heterocycles. The predicted molar refractivity (Wildman–Crippen MR) is 81.2 cm³/mol. The third-order valence-electron chi connectivity index (χ3n) is 3.81. The van der Waals surface area contributed by atoms with E-state index in [1.165, 1.54) is 11.1 Å². The molecular formula is C17H16ClNO. The van der Waals surface area contributed by atoms with Gasteiger partial charge in [-0.15, -0.1) is 11.6 Å². The minimum Gasteiger partial charge on any atom is -0.351 e. The molecule has 1 atom stereocenters. The van der Waals surface area contributed by atoms with Crippen molar-refractivity contribution in [1.82, 2.24) is 5.32 Å². The van der Waals surface area contributed by atoms with Gasteiger partial charge in [0.15, 0.2) is 0 Å². The van der Waals surface area contributed by atoms with Crippen LogP contribution in [0.25, 0.3) is 0 Å². The van der Waals surface area contributed by atoms with Crippen LogP contribution in [0.1, 0.15) is 33.0 Å². The molecule has 0 heterocycles. The smallest absolute Gasteiger partial charge is 0.251 e. The van der Waals surface area contributed by atoms with Gasteiger partial charge in [0.1, 0.15) is 0 Å². The molecule has 1 aliphatic rings. The summed E-state index contributed by atoms with van der Waals surface area (Å²) >= 11 is 5.79. The van der Waals surface area contributed by atoms with Gasteiger partial charge in [-0.3, -0.25) is 4.79 Å². The highest BCUT2D eigenvalue weighted by atomic mass is 35.5. The first-order chi connectivity index (χ1) is 9.78. The van der Waals surface area contributed by atoms with Crippen LogP contribution in [-0.4, -0.2) is 12.5 Å². The van der Waals surface area contributed by atoms with Crippen molar-refractivity contribution < 1.29 is 4.79 Å². The average molecular weight is 286 g/mol. The Balaban J connectivity index is 1.61. The van der Waals surface area contributed by atoms with Crippen molar-refractivity contribution in [2.75, 3.05) is 6.54 Å². The van der Waals surface area contributed by atoms with Gasteiger partial charge in [0.25, 0.3) is 5.91 Å². The SMILES string of the molecule is O=C(NCC1Cc2ccccc21)c1cccc(CCl)c1. The van der Waals surface area contributed by atoms with Gasteiger partial charge in [-0.1, -0.05) is 36.4 Å². The number of hydrogen-bond acceptors (Lipinski definition) is 1. The largest absolute Gasteiger partial charge is 0.351 e. The number of hydrogen-bond donors (Lipinski definition) is 1. The highest BCUT2D eigenvalue weighted by Crippen LogP contribution is 2.34. The van der Waals surface area contributed by atoms with Crippen LogP contribution in [0.15, 0.2) is 48.5 Å². The van der Waals surface area contributed by atoms with Crippen LogP contribution in [0, 0.1) is 0 Å². The molecule has 0 radical (unpaired) electrons. The van der Waals surface area contributed by atoms with Gasteiger partial charge in [0, 0.05) is 23.9 Å². The zero-order valence-corrected chi connectivity index (χ0v) is 11.9. The van der Waals surface area contributed by atoms with E-state index in [1.807, 2.05) is 24.3 Å². The number of halogens is 1. The molecule has 1 N–H and O–H groups in total. The lowest BCUT2D eigenvalue weighted by Gasteiger charge is -2.30. The van der Waals surface area contributed by atoms with Crippen molar-refractivity contribution in [1.29, 1.82) is 0 Å². The molecule has 2 aromatic carbocycles. The second-order valence-corrected chi connectivity index (χ2v) is 5.41. The predicted octanol–water partition coefficient (Wildman–Crippen LogP) is 3.50. The fourth-order valence-electron chi connectivity index (χ4n) is 2.66. The summed E-state index contributed by atoms with van der Waals surface area (Å²) < 4.78 is 0. The number of carbonyl (C=O) groups excluding carboxylic acids is 1. The Morgan fingerprint density at radius 3 is 2.85 bits per heavy atom. The number of benzene rings is 2. The van der Waals surface area contributed by atoms with Gasteiger partial charge in [-0.25, -0.2) is 0 Å². The first-order valence-corrected chi connectivity index (χ1v) is 7.32. The Hall–Kier alpha value is -1.80. The summed E-state index contributed by atoms with van der Waals surface area (Å²) in [5.74, 6) is 0.852. The van der Waals surface area contributed by atoms with E-state index < -0.39 is 0 Å². The molecule has 0 aromatic heterocycles. The van der Waals surface area contributed by atoms with Crippen LogP contribution in [-0.2, 0) is 12.3 Å². The van der Waals surface area contributed by atoms with Gasteiger partial charge >= 0.3 is 0 Å². The third kappa shape index (κ3) is 2.56. The Morgan fingerprint density at radius 2 is 2.05 bits per heavy atom. The maximum Gasteiger partial charge on any atom is 0.251 e. The first-order valence-electron chi connectivity index (χ1n) is 6.79. The summed E-state index contributed by atoms with van der Waals surface area (Å²) in [7, 11) is 0. The summed E-state index contributed by atoms with van der Waals surface area (Å²) in [6.45, 7) is 0.695. The molecule has 3 rings (SSSR count). The molecule has 3 heteroatoms. The topological polar surface area (TPSA) is 29.1 Å². The first kappa shape index (κ1) is 13.2. The summed E-state index contributed by atoms with van der Waals surface area (Å²) in [6.07, 6.45) is 1.05. The van der Waals surface area contributed by atoms with Gasteiger partial charge in [0.05, 0.1) is 0 Å². The lowest BCUT2D eigenvalue weighted by molar-refractivity contribution is 0.0950. The summed E-state index contributed by atoms with van der Waals surface area (Å²) in [6, 6.07) is 15.9. The maximum absolute atomic E-state index is 12.1. The van der Waals surface area contributed by atoms with Crippen molar-refractivity contribution in [3.8, 4) is 0 Å². The molecular weight excluding hydrogens is 270 g/mol. The molecule has 1 amide bonds. The number of rotatable bonds is 4. The van der Waals surface area contributed by atoms with Gasteiger partial charge in [-0.2, -0.15) is 0 Å². The van der Waals surface area contributed by atoms with E-state index in [9.17, 15) is 4.79 Å². The number of amides is 1. The van der Waals surface area contributed by atoms with Crippen LogP contribution < -0.4 is 5.32 Å². The van der Waals surface area contributed by atoms with Crippen molar-refractivity contribution >= 4 is 17.5 Å². The fraction of sp³-hybridized carbons (Fsp3) is 0.235. The highest BCUT2D eigenvalue weighted by Gasteiger charge is 2.25.